The minimum Gasteiger partial charge on any atom is -0.334 e. The van der Waals surface area contributed by atoms with Crippen LogP contribution < -0.4 is 0 Å². The summed E-state index contributed by atoms with van der Waals surface area (Å²) in [5.41, 5.74) is 2.03. The molecular formula is C16H23IN2O. The number of halogens is 1. The molecule has 0 bridgehead atoms. The van der Waals surface area contributed by atoms with Gasteiger partial charge in [0.05, 0.1) is 5.56 Å². The van der Waals surface area contributed by atoms with Gasteiger partial charge in [0, 0.05) is 22.7 Å². The van der Waals surface area contributed by atoms with Crippen molar-refractivity contribution in [3.63, 3.8) is 0 Å². The third-order valence-corrected chi connectivity index (χ3v) is 5.49. The normalized spacial score (nSPS) is 20.8. The van der Waals surface area contributed by atoms with Crippen molar-refractivity contribution in [1.29, 1.82) is 0 Å². The Kier molecular flexibility index (Phi) is 5.43. The number of carbonyl (C=O) groups excluding carboxylic acids is 1. The number of rotatable bonds is 2. The van der Waals surface area contributed by atoms with E-state index in [0.29, 0.717) is 6.04 Å². The van der Waals surface area contributed by atoms with E-state index in [2.05, 4.69) is 59.4 Å². The second-order valence-corrected chi connectivity index (χ2v) is 6.69. The number of aryl methyl sites for hydroxylation is 1. The molecule has 1 aromatic carbocycles. The third kappa shape index (κ3) is 3.34. The van der Waals surface area contributed by atoms with Crippen LogP contribution in [-0.4, -0.2) is 48.4 Å². The SMILES string of the molecule is CCC1CN(C)CCCN1C(=O)c1cccc(C)c1I. The quantitative estimate of drug-likeness (QED) is 0.730. The van der Waals surface area contributed by atoms with Crippen molar-refractivity contribution in [2.24, 2.45) is 0 Å². The van der Waals surface area contributed by atoms with Gasteiger partial charge < -0.3 is 9.80 Å². The molecule has 1 amide bonds. The largest absolute Gasteiger partial charge is 0.334 e. The summed E-state index contributed by atoms with van der Waals surface area (Å²) in [4.78, 5) is 17.3. The van der Waals surface area contributed by atoms with Crippen LogP contribution in [0.25, 0.3) is 0 Å². The van der Waals surface area contributed by atoms with Gasteiger partial charge in [-0.1, -0.05) is 19.1 Å². The topological polar surface area (TPSA) is 23.6 Å². The van der Waals surface area contributed by atoms with E-state index in [1.54, 1.807) is 0 Å². The number of nitrogens with zero attached hydrogens (tertiary/aromatic N) is 2. The third-order valence-electron chi connectivity index (χ3n) is 4.06. The van der Waals surface area contributed by atoms with Gasteiger partial charge in [-0.3, -0.25) is 4.79 Å². The predicted molar refractivity (Wildman–Crippen MR) is 91.1 cm³/mol. The number of hydrogen-bond donors (Lipinski definition) is 0. The van der Waals surface area contributed by atoms with E-state index in [4.69, 9.17) is 0 Å². The summed E-state index contributed by atoms with van der Waals surface area (Å²) in [7, 11) is 2.15. The molecule has 1 aromatic rings. The lowest BCUT2D eigenvalue weighted by Gasteiger charge is -2.30. The van der Waals surface area contributed by atoms with Crippen molar-refractivity contribution in [2.75, 3.05) is 26.7 Å². The molecule has 3 nitrogen and oxygen atoms in total. The lowest BCUT2D eigenvalue weighted by Crippen LogP contribution is -2.43. The van der Waals surface area contributed by atoms with Gasteiger partial charge in [-0.15, -0.1) is 0 Å². The Morgan fingerprint density at radius 3 is 2.85 bits per heavy atom. The fraction of sp³-hybridized carbons (Fsp3) is 0.562. The van der Waals surface area contributed by atoms with Crippen LogP contribution in [0.15, 0.2) is 18.2 Å². The van der Waals surface area contributed by atoms with E-state index in [9.17, 15) is 4.79 Å². The second kappa shape index (κ2) is 6.89. The fourth-order valence-electron chi connectivity index (χ4n) is 2.83. The molecule has 1 fully saturated rings. The van der Waals surface area contributed by atoms with E-state index in [-0.39, 0.29) is 5.91 Å². The zero-order valence-corrected chi connectivity index (χ0v) is 14.7. The maximum atomic E-state index is 12.9. The smallest absolute Gasteiger partial charge is 0.255 e. The van der Waals surface area contributed by atoms with Crippen LogP contribution in [-0.2, 0) is 0 Å². The summed E-state index contributed by atoms with van der Waals surface area (Å²) in [5.74, 6) is 0.195. The number of carbonyl (C=O) groups is 1. The lowest BCUT2D eigenvalue weighted by molar-refractivity contribution is 0.0674. The maximum absolute atomic E-state index is 12.9. The first-order valence-electron chi connectivity index (χ1n) is 7.29. The molecule has 0 saturated carbocycles. The first kappa shape index (κ1) is 15.8. The highest BCUT2D eigenvalue weighted by atomic mass is 127. The zero-order valence-electron chi connectivity index (χ0n) is 12.5. The number of hydrogen-bond acceptors (Lipinski definition) is 2. The second-order valence-electron chi connectivity index (χ2n) is 5.61. The summed E-state index contributed by atoms with van der Waals surface area (Å²) in [5, 5.41) is 0. The molecule has 1 atom stereocenters. The van der Waals surface area contributed by atoms with Crippen LogP contribution in [0.5, 0.6) is 0 Å². The van der Waals surface area contributed by atoms with Crippen LogP contribution in [0.4, 0.5) is 0 Å². The van der Waals surface area contributed by atoms with Crippen LogP contribution in [0.3, 0.4) is 0 Å². The molecule has 1 saturated heterocycles. The summed E-state index contributed by atoms with van der Waals surface area (Å²) >= 11 is 2.29. The van der Waals surface area contributed by atoms with Gasteiger partial charge in [0.25, 0.3) is 5.91 Å². The van der Waals surface area contributed by atoms with Crippen LogP contribution >= 0.6 is 22.6 Å². The average molecular weight is 386 g/mol. The molecule has 1 aliphatic rings. The molecule has 20 heavy (non-hydrogen) atoms. The van der Waals surface area contributed by atoms with Gasteiger partial charge in [-0.25, -0.2) is 0 Å². The molecule has 0 N–H and O–H groups in total. The Morgan fingerprint density at radius 1 is 1.40 bits per heavy atom. The highest BCUT2D eigenvalue weighted by Crippen LogP contribution is 2.21. The molecule has 2 rings (SSSR count). The minimum absolute atomic E-state index is 0.195. The molecule has 1 heterocycles. The first-order valence-corrected chi connectivity index (χ1v) is 8.37. The summed E-state index contributed by atoms with van der Waals surface area (Å²) < 4.78 is 1.09. The minimum atomic E-state index is 0.195. The van der Waals surface area contributed by atoms with Crippen molar-refractivity contribution >= 4 is 28.5 Å². The van der Waals surface area contributed by atoms with Gasteiger partial charge in [-0.2, -0.15) is 0 Å². The number of amides is 1. The van der Waals surface area contributed by atoms with Crippen molar-refractivity contribution in [3.05, 3.63) is 32.9 Å². The summed E-state index contributed by atoms with van der Waals surface area (Å²) in [6.45, 7) is 7.15. The van der Waals surface area contributed by atoms with Gasteiger partial charge in [0.2, 0.25) is 0 Å². The standard InChI is InChI=1S/C16H23IN2O/c1-4-13-11-18(3)9-6-10-19(13)16(20)14-8-5-7-12(2)15(14)17/h5,7-8,13H,4,6,9-11H2,1-3H3. The Morgan fingerprint density at radius 2 is 2.15 bits per heavy atom. The molecule has 0 spiro atoms. The van der Waals surface area contributed by atoms with Crippen molar-refractivity contribution < 1.29 is 4.79 Å². The Labute approximate surface area is 135 Å². The first-order chi connectivity index (χ1) is 9.54. The van der Waals surface area contributed by atoms with Gasteiger partial charge in [-0.05, 0) is 67.6 Å². The van der Waals surface area contributed by atoms with Crippen LogP contribution in [0.2, 0.25) is 0 Å². The van der Waals surface area contributed by atoms with Crippen molar-refractivity contribution in [3.8, 4) is 0 Å². The maximum Gasteiger partial charge on any atom is 0.255 e. The summed E-state index contributed by atoms with van der Waals surface area (Å²) in [6.07, 6.45) is 2.07. The molecule has 0 aromatic heterocycles. The Hall–Kier alpha value is -0.620. The molecule has 1 unspecified atom stereocenters. The van der Waals surface area contributed by atoms with Gasteiger partial charge >= 0.3 is 0 Å². The van der Waals surface area contributed by atoms with Gasteiger partial charge in [0.1, 0.15) is 0 Å². The summed E-state index contributed by atoms with van der Waals surface area (Å²) in [6, 6.07) is 6.33. The molecule has 0 aliphatic carbocycles. The highest BCUT2D eigenvalue weighted by molar-refractivity contribution is 14.1. The molecule has 110 valence electrons. The van der Waals surface area contributed by atoms with E-state index in [0.717, 1.165) is 41.6 Å². The van der Waals surface area contributed by atoms with E-state index in [1.807, 2.05) is 12.1 Å². The van der Waals surface area contributed by atoms with Gasteiger partial charge in [0.15, 0.2) is 0 Å². The van der Waals surface area contributed by atoms with Crippen LogP contribution in [0, 0.1) is 10.5 Å². The number of likely N-dealkylation sites (N-methyl/N-ethyl adjacent to an activating group) is 1. The average Bonchev–Trinajstić information content (AvgIpc) is 2.62. The zero-order chi connectivity index (χ0) is 14.7. The van der Waals surface area contributed by atoms with E-state index >= 15 is 0 Å². The monoisotopic (exact) mass is 386 g/mol. The van der Waals surface area contributed by atoms with E-state index < -0.39 is 0 Å². The van der Waals surface area contributed by atoms with Crippen LogP contribution in [0.1, 0.15) is 35.7 Å². The Bertz CT molecular complexity index is 489. The van der Waals surface area contributed by atoms with Crippen molar-refractivity contribution in [2.45, 2.75) is 32.7 Å². The van der Waals surface area contributed by atoms with Crippen molar-refractivity contribution in [1.82, 2.24) is 9.80 Å². The molecule has 1 aliphatic heterocycles. The van der Waals surface area contributed by atoms with E-state index in [1.165, 1.54) is 5.56 Å². The molecular weight excluding hydrogens is 363 g/mol. The number of benzene rings is 1. The molecule has 0 radical (unpaired) electrons. The Balaban J connectivity index is 2.28. The highest BCUT2D eigenvalue weighted by Gasteiger charge is 2.27. The lowest BCUT2D eigenvalue weighted by atomic mass is 10.1. The fourth-order valence-corrected chi connectivity index (χ4v) is 3.42. The predicted octanol–water partition coefficient (Wildman–Crippen LogP) is 3.16. The molecule has 4 heteroatoms.